The van der Waals surface area contributed by atoms with Crippen LogP contribution in [-0.2, 0) is 19.1 Å². The molecule has 6 nitrogen and oxygen atoms in total. The molecule has 2 atom stereocenters. The van der Waals surface area contributed by atoms with Crippen LogP contribution in [0.1, 0.15) is 42.1 Å². The van der Waals surface area contributed by atoms with Gasteiger partial charge in [0.05, 0.1) is 13.7 Å². The number of carbonyl (C=O) groups is 2. The molecule has 6 heteroatoms. The van der Waals surface area contributed by atoms with Gasteiger partial charge in [0.1, 0.15) is 23.5 Å². The summed E-state index contributed by atoms with van der Waals surface area (Å²) in [5, 5.41) is 9.51. The van der Waals surface area contributed by atoms with E-state index in [2.05, 4.69) is 0 Å². The highest BCUT2D eigenvalue weighted by Gasteiger charge is 2.41. The Kier molecular flexibility index (Phi) is 5.99. The first kappa shape index (κ1) is 19.5. The molecule has 1 heterocycles. The fourth-order valence-corrected chi connectivity index (χ4v) is 3.11. The van der Waals surface area contributed by atoms with Crippen LogP contribution in [0, 0.1) is 0 Å². The summed E-state index contributed by atoms with van der Waals surface area (Å²) in [7, 11) is 1.34. The number of phenols is 1. The van der Waals surface area contributed by atoms with Crippen molar-refractivity contribution in [1.29, 1.82) is 0 Å². The van der Waals surface area contributed by atoms with Gasteiger partial charge in [-0.2, -0.15) is 0 Å². The molecule has 2 aromatic carbocycles. The van der Waals surface area contributed by atoms with Crippen molar-refractivity contribution >= 4 is 18.0 Å². The number of hydrogen-bond acceptors (Lipinski definition) is 6. The molecule has 0 bridgehead atoms. The number of ether oxygens (including phenoxy) is 3. The smallest absolute Gasteiger partial charge is 0.330 e. The summed E-state index contributed by atoms with van der Waals surface area (Å²) in [6.45, 7) is 2.30. The van der Waals surface area contributed by atoms with Gasteiger partial charge in [-0.25, -0.2) is 4.79 Å². The third-order valence-electron chi connectivity index (χ3n) is 4.46. The molecule has 0 radical (unpaired) electrons. The number of fused-ring (bicyclic) bond motifs is 1. The molecule has 28 heavy (non-hydrogen) atoms. The van der Waals surface area contributed by atoms with Crippen molar-refractivity contribution in [2.75, 3.05) is 13.7 Å². The van der Waals surface area contributed by atoms with Crippen molar-refractivity contribution in [2.24, 2.45) is 0 Å². The molecule has 146 valence electrons. The second kappa shape index (κ2) is 8.61. The molecule has 1 aliphatic rings. The van der Waals surface area contributed by atoms with E-state index in [4.69, 9.17) is 14.2 Å². The number of esters is 2. The van der Waals surface area contributed by atoms with E-state index in [0.717, 1.165) is 17.5 Å². The van der Waals surface area contributed by atoms with Crippen LogP contribution < -0.4 is 4.74 Å². The van der Waals surface area contributed by atoms with Gasteiger partial charge in [-0.3, -0.25) is 4.79 Å². The minimum atomic E-state index is -0.648. The van der Waals surface area contributed by atoms with Gasteiger partial charge in [0.2, 0.25) is 0 Å². The summed E-state index contributed by atoms with van der Waals surface area (Å²) in [6.07, 6.45) is 3.20. The van der Waals surface area contributed by atoms with Gasteiger partial charge < -0.3 is 19.3 Å². The number of methoxy groups -OCH3 is 1. The van der Waals surface area contributed by atoms with Crippen molar-refractivity contribution < 1.29 is 28.9 Å². The fourth-order valence-electron chi connectivity index (χ4n) is 3.11. The quantitative estimate of drug-likeness (QED) is 0.605. The molecule has 0 saturated heterocycles. The van der Waals surface area contributed by atoms with Crippen LogP contribution in [0.2, 0.25) is 0 Å². The highest BCUT2D eigenvalue weighted by molar-refractivity contribution is 5.87. The Bertz CT molecular complexity index is 884. The van der Waals surface area contributed by atoms with Crippen LogP contribution in [0.5, 0.6) is 11.5 Å². The van der Waals surface area contributed by atoms with Gasteiger partial charge in [0, 0.05) is 11.6 Å². The Hall–Kier alpha value is -3.28. The molecule has 0 spiro atoms. The molecule has 1 N–H and O–H groups in total. The molecule has 0 aromatic heterocycles. The number of hydrogen-bond donors (Lipinski definition) is 1. The molecule has 0 amide bonds. The van der Waals surface area contributed by atoms with E-state index in [1.807, 2.05) is 6.92 Å². The average molecular weight is 382 g/mol. The second-order valence-electron chi connectivity index (χ2n) is 6.43. The van der Waals surface area contributed by atoms with Gasteiger partial charge in [0.25, 0.3) is 0 Å². The predicted octanol–water partition coefficient (Wildman–Crippen LogP) is 3.75. The van der Waals surface area contributed by atoms with Crippen molar-refractivity contribution in [3.63, 3.8) is 0 Å². The molecule has 0 unspecified atom stereocenters. The van der Waals surface area contributed by atoms with Crippen molar-refractivity contribution in [3.05, 3.63) is 65.2 Å². The molecular weight excluding hydrogens is 360 g/mol. The third-order valence-corrected chi connectivity index (χ3v) is 4.46. The highest BCUT2D eigenvalue weighted by Crippen LogP contribution is 2.47. The van der Waals surface area contributed by atoms with Gasteiger partial charge in [-0.05, 0) is 47.9 Å². The van der Waals surface area contributed by atoms with E-state index in [9.17, 15) is 14.7 Å². The van der Waals surface area contributed by atoms with Crippen LogP contribution in [-0.4, -0.2) is 30.8 Å². The Balaban J connectivity index is 1.89. The van der Waals surface area contributed by atoms with Crippen LogP contribution in [0.25, 0.3) is 6.08 Å². The maximum atomic E-state index is 12.5. The maximum Gasteiger partial charge on any atom is 0.330 e. The van der Waals surface area contributed by atoms with Gasteiger partial charge in [-0.1, -0.05) is 25.1 Å². The molecular formula is C22H22O6. The predicted molar refractivity (Wildman–Crippen MR) is 103 cm³/mol. The second-order valence-corrected chi connectivity index (χ2v) is 6.43. The summed E-state index contributed by atoms with van der Waals surface area (Å²) in [4.78, 5) is 24.1. The van der Waals surface area contributed by atoms with Crippen molar-refractivity contribution in [2.45, 2.75) is 25.4 Å². The Morgan fingerprint density at radius 1 is 1.18 bits per heavy atom. The lowest BCUT2D eigenvalue weighted by molar-refractivity contribution is -0.144. The fraction of sp³-hybridized carbons (Fsp3) is 0.273. The molecule has 2 aromatic rings. The Morgan fingerprint density at radius 2 is 1.93 bits per heavy atom. The van der Waals surface area contributed by atoms with E-state index in [1.54, 1.807) is 48.5 Å². The summed E-state index contributed by atoms with van der Waals surface area (Å²) < 4.78 is 16.0. The molecule has 0 aliphatic carbocycles. The first-order valence-electron chi connectivity index (χ1n) is 9.05. The van der Waals surface area contributed by atoms with Gasteiger partial charge in [0.15, 0.2) is 0 Å². The number of benzene rings is 2. The summed E-state index contributed by atoms with van der Waals surface area (Å²) in [6, 6.07) is 11.9. The molecule has 3 rings (SSSR count). The zero-order valence-corrected chi connectivity index (χ0v) is 15.8. The van der Waals surface area contributed by atoms with Crippen LogP contribution >= 0.6 is 0 Å². The number of aromatic hydroxyl groups is 1. The topological polar surface area (TPSA) is 82.1 Å². The van der Waals surface area contributed by atoms with E-state index in [-0.39, 0.29) is 5.75 Å². The van der Waals surface area contributed by atoms with Crippen molar-refractivity contribution in [3.8, 4) is 11.5 Å². The zero-order valence-electron chi connectivity index (χ0n) is 15.8. The zero-order chi connectivity index (χ0) is 20.1. The van der Waals surface area contributed by atoms with Crippen LogP contribution in [0.4, 0.5) is 0 Å². The molecule has 0 saturated carbocycles. The summed E-state index contributed by atoms with van der Waals surface area (Å²) in [5.41, 5.74) is 2.19. The molecule has 1 aliphatic heterocycles. The summed E-state index contributed by atoms with van der Waals surface area (Å²) >= 11 is 0. The number of phenolic OH excluding ortho intramolecular Hbond substituents is 1. The van der Waals surface area contributed by atoms with E-state index in [1.165, 1.54) is 13.2 Å². The standard InChI is InChI=1S/C22H22O6/c1-3-12-27-19(24)11-5-14-4-10-18-17(13-14)20(22(25)26-2)21(28-18)15-6-8-16(23)9-7-15/h4-11,13,20-21,23H,3,12H2,1-2H3/b11-5+/t20-,21+/m0/s1. The maximum absolute atomic E-state index is 12.5. The minimum Gasteiger partial charge on any atom is -0.508 e. The lowest BCUT2D eigenvalue weighted by Crippen LogP contribution is -2.20. The van der Waals surface area contributed by atoms with Gasteiger partial charge in [-0.15, -0.1) is 0 Å². The molecule has 0 fully saturated rings. The normalized spacial score (nSPS) is 17.8. The monoisotopic (exact) mass is 382 g/mol. The lowest BCUT2D eigenvalue weighted by atomic mass is 9.90. The van der Waals surface area contributed by atoms with E-state index >= 15 is 0 Å². The summed E-state index contributed by atoms with van der Waals surface area (Å²) in [5.74, 6) is -0.759. The third kappa shape index (κ3) is 4.17. The number of rotatable bonds is 6. The van der Waals surface area contributed by atoms with Crippen LogP contribution in [0.3, 0.4) is 0 Å². The first-order chi connectivity index (χ1) is 13.5. The first-order valence-corrected chi connectivity index (χ1v) is 9.05. The van der Waals surface area contributed by atoms with Crippen LogP contribution in [0.15, 0.2) is 48.5 Å². The van der Waals surface area contributed by atoms with E-state index in [0.29, 0.717) is 17.9 Å². The van der Waals surface area contributed by atoms with E-state index < -0.39 is 24.0 Å². The average Bonchev–Trinajstić information content (AvgIpc) is 3.09. The largest absolute Gasteiger partial charge is 0.508 e. The highest BCUT2D eigenvalue weighted by atomic mass is 16.5. The van der Waals surface area contributed by atoms with Gasteiger partial charge >= 0.3 is 11.9 Å². The minimum absolute atomic E-state index is 0.135. The Labute approximate surface area is 163 Å². The number of carbonyl (C=O) groups excluding carboxylic acids is 2. The SMILES string of the molecule is CCCOC(=O)/C=C/c1ccc2c(c1)[C@H](C(=O)OC)[C@@H](c1ccc(O)cc1)O2. The lowest BCUT2D eigenvalue weighted by Gasteiger charge is -2.17. The van der Waals surface area contributed by atoms with Crippen molar-refractivity contribution in [1.82, 2.24) is 0 Å². The Morgan fingerprint density at radius 3 is 2.61 bits per heavy atom.